The molecule has 0 aromatic carbocycles. The Morgan fingerprint density at radius 3 is 2.88 bits per heavy atom. The molecule has 17 heavy (non-hydrogen) atoms. The van der Waals surface area contributed by atoms with Crippen LogP contribution in [-0.2, 0) is 17.1 Å². The van der Waals surface area contributed by atoms with E-state index in [1.54, 1.807) is 13.2 Å². The maximum atomic E-state index is 13.1. The molecular formula is C9H13BrFN3O2S. The molecule has 1 aromatic rings. The van der Waals surface area contributed by atoms with E-state index in [-0.39, 0.29) is 17.5 Å². The highest BCUT2D eigenvalue weighted by Gasteiger charge is 2.52. The van der Waals surface area contributed by atoms with Gasteiger partial charge in [0.25, 0.3) is 10.0 Å². The quantitative estimate of drug-likeness (QED) is 0.826. The lowest BCUT2D eigenvalue weighted by atomic mass is 10.3. The van der Waals surface area contributed by atoms with Crippen LogP contribution in [0.1, 0.15) is 12.8 Å². The lowest BCUT2D eigenvalue weighted by Crippen LogP contribution is -2.26. The normalized spacial score (nSPS) is 28.3. The standard InChI is InChI=1S/C9H13BrFN3O2S/c1-14-5-3-8(13-14)17(15,16)12-4-2-7-6-9(7,10)11/h3,5,7,12H,2,4,6H2,1H3. The third kappa shape index (κ3) is 3.05. The molecule has 96 valence electrons. The predicted octanol–water partition coefficient (Wildman–Crippen LogP) is 1.17. The average Bonchev–Trinajstić information content (AvgIpc) is 2.59. The van der Waals surface area contributed by atoms with Crippen molar-refractivity contribution in [3.05, 3.63) is 12.3 Å². The summed E-state index contributed by atoms with van der Waals surface area (Å²) in [5.41, 5.74) is 0. The van der Waals surface area contributed by atoms with E-state index in [1.165, 1.54) is 10.7 Å². The Balaban J connectivity index is 1.86. The maximum Gasteiger partial charge on any atom is 0.259 e. The summed E-state index contributed by atoms with van der Waals surface area (Å²) in [6.45, 7) is 0.223. The second-order valence-corrected chi connectivity index (χ2v) is 7.21. The Kier molecular flexibility index (Phi) is 3.30. The van der Waals surface area contributed by atoms with Crippen LogP contribution >= 0.6 is 15.9 Å². The summed E-state index contributed by atoms with van der Waals surface area (Å²) in [6, 6.07) is 1.42. The number of rotatable bonds is 5. The van der Waals surface area contributed by atoms with Crippen molar-refractivity contribution in [2.75, 3.05) is 6.54 Å². The highest BCUT2D eigenvalue weighted by molar-refractivity contribution is 9.10. The summed E-state index contributed by atoms with van der Waals surface area (Å²) in [5.74, 6) is -0.103. The lowest BCUT2D eigenvalue weighted by Gasteiger charge is -2.03. The number of nitrogens with one attached hydrogen (secondary N) is 1. The van der Waals surface area contributed by atoms with E-state index in [0.29, 0.717) is 12.8 Å². The third-order valence-electron chi connectivity index (χ3n) is 2.71. The zero-order valence-electron chi connectivity index (χ0n) is 9.23. The smallest absolute Gasteiger partial charge is 0.259 e. The van der Waals surface area contributed by atoms with Crippen molar-refractivity contribution in [1.82, 2.24) is 14.5 Å². The van der Waals surface area contributed by atoms with Crippen LogP contribution in [0.25, 0.3) is 0 Å². The first kappa shape index (κ1) is 13.0. The van der Waals surface area contributed by atoms with E-state index in [0.717, 1.165) is 0 Å². The first-order chi connectivity index (χ1) is 7.81. The number of alkyl halides is 2. The van der Waals surface area contributed by atoms with Crippen molar-refractivity contribution in [1.29, 1.82) is 0 Å². The van der Waals surface area contributed by atoms with Crippen LogP contribution in [0.15, 0.2) is 17.3 Å². The van der Waals surface area contributed by atoms with Crippen molar-refractivity contribution < 1.29 is 12.8 Å². The molecule has 0 aliphatic heterocycles. The minimum atomic E-state index is -3.56. The van der Waals surface area contributed by atoms with Crippen LogP contribution < -0.4 is 4.72 Å². The van der Waals surface area contributed by atoms with Gasteiger partial charge < -0.3 is 0 Å². The number of aromatic nitrogens is 2. The molecule has 8 heteroatoms. The zero-order chi connectivity index (χ0) is 12.7. The van der Waals surface area contributed by atoms with E-state index in [4.69, 9.17) is 0 Å². The lowest BCUT2D eigenvalue weighted by molar-refractivity contribution is 0.406. The molecule has 0 radical (unpaired) electrons. The van der Waals surface area contributed by atoms with E-state index in [1.807, 2.05) is 0 Å². The summed E-state index contributed by atoms with van der Waals surface area (Å²) < 4.78 is 39.1. The molecule has 1 heterocycles. The second-order valence-electron chi connectivity index (χ2n) is 4.18. The number of nitrogens with zero attached hydrogens (tertiary/aromatic N) is 2. The molecular weight excluding hydrogens is 313 g/mol. The molecule has 0 amide bonds. The minimum absolute atomic E-state index is 0.0128. The van der Waals surface area contributed by atoms with Gasteiger partial charge in [-0.15, -0.1) is 0 Å². The third-order valence-corrected chi connectivity index (χ3v) is 5.03. The Morgan fingerprint density at radius 2 is 2.41 bits per heavy atom. The average molecular weight is 326 g/mol. The molecule has 1 N–H and O–H groups in total. The van der Waals surface area contributed by atoms with Crippen LogP contribution in [0.4, 0.5) is 4.39 Å². The summed E-state index contributed by atoms with van der Waals surface area (Å²) in [7, 11) is -1.92. The van der Waals surface area contributed by atoms with Crippen molar-refractivity contribution in [2.24, 2.45) is 13.0 Å². The molecule has 2 rings (SSSR count). The van der Waals surface area contributed by atoms with E-state index >= 15 is 0 Å². The number of halogens is 2. The first-order valence-corrected chi connectivity index (χ1v) is 7.46. The van der Waals surface area contributed by atoms with Gasteiger partial charge in [0.05, 0.1) is 0 Å². The van der Waals surface area contributed by atoms with Gasteiger partial charge in [0.15, 0.2) is 9.60 Å². The van der Waals surface area contributed by atoms with Gasteiger partial charge in [-0.25, -0.2) is 17.5 Å². The van der Waals surface area contributed by atoms with Crippen LogP contribution in [0.5, 0.6) is 0 Å². The molecule has 5 nitrogen and oxygen atoms in total. The molecule has 0 spiro atoms. The Morgan fingerprint density at radius 1 is 1.76 bits per heavy atom. The molecule has 1 fully saturated rings. The molecule has 2 unspecified atom stereocenters. The molecule has 1 saturated carbocycles. The van der Waals surface area contributed by atoms with Gasteiger partial charge in [-0.05, 0) is 34.8 Å². The monoisotopic (exact) mass is 325 g/mol. The van der Waals surface area contributed by atoms with Crippen molar-refractivity contribution in [3.8, 4) is 0 Å². The summed E-state index contributed by atoms with van der Waals surface area (Å²) in [4.78, 5) is 0. The molecule has 1 aromatic heterocycles. The van der Waals surface area contributed by atoms with Gasteiger partial charge in [-0.2, -0.15) is 5.10 Å². The van der Waals surface area contributed by atoms with Crippen LogP contribution in [0.2, 0.25) is 0 Å². The maximum absolute atomic E-state index is 13.1. The topological polar surface area (TPSA) is 64.0 Å². The summed E-state index contributed by atoms with van der Waals surface area (Å²) in [5, 5.41) is 3.79. The largest absolute Gasteiger partial charge is 0.274 e. The highest BCUT2D eigenvalue weighted by atomic mass is 79.9. The SMILES string of the molecule is Cn1ccc(S(=O)(=O)NCCC2CC2(F)Br)n1. The Hall–Kier alpha value is -0.470. The molecule has 2 atom stereocenters. The van der Waals surface area contributed by atoms with Crippen LogP contribution in [0.3, 0.4) is 0 Å². The number of hydrogen-bond donors (Lipinski definition) is 1. The number of sulfonamides is 1. The van der Waals surface area contributed by atoms with Gasteiger partial charge in [0.1, 0.15) is 0 Å². The zero-order valence-corrected chi connectivity index (χ0v) is 11.6. The van der Waals surface area contributed by atoms with Gasteiger partial charge >= 0.3 is 0 Å². The van der Waals surface area contributed by atoms with Crippen LogP contribution in [0, 0.1) is 5.92 Å². The predicted molar refractivity (Wildman–Crippen MR) is 63.9 cm³/mol. The van der Waals surface area contributed by atoms with Gasteiger partial charge in [-0.1, -0.05) is 0 Å². The molecule has 0 saturated heterocycles. The van der Waals surface area contributed by atoms with Crippen molar-refractivity contribution >= 4 is 26.0 Å². The van der Waals surface area contributed by atoms with E-state index in [9.17, 15) is 12.8 Å². The fraction of sp³-hybridized carbons (Fsp3) is 0.667. The second kappa shape index (κ2) is 4.33. The summed E-state index contributed by atoms with van der Waals surface area (Å²) >= 11 is 2.92. The van der Waals surface area contributed by atoms with Gasteiger partial charge in [0.2, 0.25) is 0 Å². The van der Waals surface area contributed by atoms with Gasteiger partial charge in [-0.3, -0.25) is 4.68 Å². The molecule has 1 aliphatic rings. The fourth-order valence-electron chi connectivity index (χ4n) is 1.56. The van der Waals surface area contributed by atoms with E-state index < -0.39 is 14.6 Å². The first-order valence-electron chi connectivity index (χ1n) is 5.18. The Bertz CT molecular complexity index is 514. The number of aryl methyl sites for hydroxylation is 1. The van der Waals surface area contributed by atoms with Crippen molar-refractivity contribution in [2.45, 2.75) is 22.4 Å². The van der Waals surface area contributed by atoms with Crippen LogP contribution in [-0.4, -0.2) is 29.3 Å². The van der Waals surface area contributed by atoms with Gasteiger partial charge in [0, 0.05) is 25.7 Å². The summed E-state index contributed by atoms with van der Waals surface area (Å²) in [6.07, 6.45) is 2.48. The fourth-order valence-corrected chi connectivity index (χ4v) is 3.19. The highest BCUT2D eigenvalue weighted by Crippen LogP contribution is 2.54. The molecule has 0 bridgehead atoms. The minimum Gasteiger partial charge on any atom is -0.274 e. The Labute approximate surface area is 108 Å². The van der Waals surface area contributed by atoms with E-state index in [2.05, 4.69) is 25.8 Å². The van der Waals surface area contributed by atoms with Crippen molar-refractivity contribution in [3.63, 3.8) is 0 Å². The molecule has 1 aliphatic carbocycles. The number of hydrogen-bond acceptors (Lipinski definition) is 3.